The van der Waals surface area contributed by atoms with Crippen LogP contribution in [0.4, 0.5) is 0 Å². The van der Waals surface area contributed by atoms with E-state index in [0.29, 0.717) is 6.61 Å². The molecular formula is C11H18N2O2S. The van der Waals surface area contributed by atoms with Gasteiger partial charge in [0.25, 0.3) is 0 Å². The normalized spacial score (nSPS) is 21.2. The number of ether oxygens (including phenoxy) is 2. The van der Waals surface area contributed by atoms with Crippen molar-refractivity contribution in [1.29, 1.82) is 0 Å². The highest BCUT2D eigenvalue weighted by Gasteiger charge is 2.17. The molecule has 0 radical (unpaired) electrons. The smallest absolute Gasteiger partial charge is 0.119 e. The third-order valence-electron chi connectivity index (χ3n) is 2.42. The fourth-order valence-electron chi connectivity index (χ4n) is 1.61. The summed E-state index contributed by atoms with van der Waals surface area (Å²) in [5.74, 6) is 0. The van der Waals surface area contributed by atoms with Crippen LogP contribution < -0.4 is 5.32 Å². The first-order valence-electron chi connectivity index (χ1n) is 5.73. The highest BCUT2D eigenvalue weighted by molar-refractivity contribution is 7.09. The van der Waals surface area contributed by atoms with E-state index in [4.69, 9.17) is 9.47 Å². The molecule has 1 aromatic heterocycles. The molecule has 1 N–H and O–H groups in total. The average molecular weight is 242 g/mol. The van der Waals surface area contributed by atoms with E-state index in [1.54, 1.807) is 11.3 Å². The van der Waals surface area contributed by atoms with E-state index in [1.165, 1.54) is 0 Å². The van der Waals surface area contributed by atoms with Crippen LogP contribution in [0.15, 0.2) is 5.38 Å². The Morgan fingerprint density at radius 3 is 3.38 bits per heavy atom. The van der Waals surface area contributed by atoms with Gasteiger partial charge in [0.1, 0.15) is 5.01 Å². The Balaban J connectivity index is 1.85. The molecule has 1 aliphatic heterocycles. The van der Waals surface area contributed by atoms with Gasteiger partial charge in [0, 0.05) is 18.5 Å². The summed E-state index contributed by atoms with van der Waals surface area (Å²) in [4.78, 5) is 4.56. The number of thiazole rings is 1. The molecule has 0 amide bonds. The van der Waals surface area contributed by atoms with Gasteiger partial charge in [-0.05, 0) is 6.42 Å². The molecule has 4 nitrogen and oxygen atoms in total. The standard InChI is InChI=1S/C11H18N2O2S/c1-2-4-14-7-11-13-10(8-16-11)9-6-15-5-3-12-9/h8-9,12H,2-7H2,1H3. The topological polar surface area (TPSA) is 43.4 Å². The zero-order valence-electron chi connectivity index (χ0n) is 9.57. The third-order valence-corrected chi connectivity index (χ3v) is 3.26. The first-order chi connectivity index (χ1) is 7.90. The van der Waals surface area contributed by atoms with E-state index in [0.717, 1.165) is 43.5 Å². The predicted molar refractivity (Wildman–Crippen MR) is 63.6 cm³/mol. The molecule has 1 aromatic rings. The second-order valence-electron chi connectivity index (χ2n) is 3.80. The summed E-state index contributed by atoms with van der Waals surface area (Å²) in [6.07, 6.45) is 1.05. The summed E-state index contributed by atoms with van der Waals surface area (Å²) in [5, 5.41) is 6.54. The van der Waals surface area contributed by atoms with Gasteiger partial charge in [-0.15, -0.1) is 11.3 Å². The molecule has 0 bridgehead atoms. The molecular weight excluding hydrogens is 224 g/mol. The molecule has 0 aliphatic carbocycles. The fraction of sp³-hybridized carbons (Fsp3) is 0.727. The van der Waals surface area contributed by atoms with Crippen LogP contribution in [-0.2, 0) is 16.1 Å². The highest BCUT2D eigenvalue weighted by atomic mass is 32.1. The van der Waals surface area contributed by atoms with E-state index in [9.17, 15) is 0 Å². The first kappa shape index (κ1) is 12.0. The summed E-state index contributed by atoms with van der Waals surface area (Å²) < 4.78 is 10.9. The second-order valence-corrected chi connectivity index (χ2v) is 4.74. The zero-order valence-corrected chi connectivity index (χ0v) is 10.4. The van der Waals surface area contributed by atoms with Crippen LogP contribution in [0.25, 0.3) is 0 Å². The number of hydrogen-bond acceptors (Lipinski definition) is 5. The maximum Gasteiger partial charge on any atom is 0.119 e. The minimum Gasteiger partial charge on any atom is -0.378 e. The maximum atomic E-state index is 5.47. The van der Waals surface area contributed by atoms with Crippen LogP contribution in [0.1, 0.15) is 30.1 Å². The van der Waals surface area contributed by atoms with E-state index in [-0.39, 0.29) is 6.04 Å². The van der Waals surface area contributed by atoms with Crippen LogP contribution in [-0.4, -0.2) is 31.3 Å². The van der Waals surface area contributed by atoms with Gasteiger partial charge in [-0.1, -0.05) is 6.92 Å². The highest BCUT2D eigenvalue weighted by Crippen LogP contribution is 2.19. The number of aromatic nitrogens is 1. The molecule has 0 saturated carbocycles. The third kappa shape index (κ3) is 3.25. The van der Waals surface area contributed by atoms with Gasteiger partial charge in [-0.3, -0.25) is 0 Å². The number of nitrogens with one attached hydrogen (secondary N) is 1. The van der Waals surface area contributed by atoms with Gasteiger partial charge in [0.2, 0.25) is 0 Å². The summed E-state index contributed by atoms with van der Waals surface area (Å²) in [6, 6.07) is 0.255. The van der Waals surface area contributed by atoms with Crippen LogP contribution in [0.3, 0.4) is 0 Å². The molecule has 1 fully saturated rings. The molecule has 0 aromatic carbocycles. The van der Waals surface area contributed by atoms with Crippen molar-refractivity contribution in [1.82, 2.24) is 10.3 Å². The van der Waals surface area contributed by atoms with Gasteiger partial charge in [0.05, 0.1) is 31.6 Å². The van der Waals surface area contributed by atoms with Crippen molar-refractivity contribution in [3.05, 3.63) is 16.1 Å². The quantitative estimate of drug-likeness (QED) is 0.799. The van der Waals surface area contributed by atoms with Crippen molar-refractivity contribution < 1.29 is 9.47 Å². The largest absolute Gasteiger partial charge is 0.378 e. The number of morpholine rings is 1. The van der Waals surface area contributed by atoms with Gasteiger partial charge < -0.3 is 14.8 Å². The first-order valence-corrected chi connectivity index (χ1v) is 6.61. The fourth-order valence-corrected chi connectivity index (χ4v) is 2.39. The van der Waals surface area contributed by atoms with Gasteiger partial charge >= 0.3 is 0 Å². The molecule has 1 aliphatic rings. The van der Waals surface area contributed by atoms with E-state index in [1.807, 2.05) is 0 Å². The Morgan fingerprint density at radius 2 is 2.62 bits per heavy atom. The van der Waals surface area contributed by atoms with Crippen molar-refractivity contribution in [2.24, 2.45) is 0 Å². The zero-order chi connectivity index (χ0) is 11.2. The van der Waals surface area contributed by atoms with Crippen molar-refractivity contribution in [3.8, 4) is 0 Å². The molecule has 1 atom stereocenters. The summed E-state index contributed by atoms with van der Waals surface area (Å²) in [5.41, 5.74) is 1.08. The lowest BCUT2D eigenvalue weighted by Gasteiger charge is -2.21. The summed E-state index contributed by atoms with van der Waals surface area (Å²) in [7, 11) is 0. The summed E-state index contributed by atoms with van der Waals surface area (Å²) in [6.45, 7) is 5.97. The monoisotopic (exact) mass is 242 g/mol. The minimum atomic E-state index is 0.255. The average Bonchev–Trinajstić information content (AvgIpc) is 2.79. The molecule has 16 heavy (non-hydrogen) atoms. The van der Waals surface area contributed by atoms with Crippen LogP contribution in [0, 0.1) is 0 Å². The summed E-state index contributed by atoms with van der Waals surface area (Å²) >= 11 is 1.66. The molecule has 0 spiro atoms. The van der Waals surface area contributed by atoms with Crippen molar-refractivity contribution >= 4 is 11.3 Å². The molecule has 1 saturated heterocycles. The molecule has 1 unspecified atom stereocenters. The van der Waals surface area contributed by atoms with Crippen LogP contribution in [0.5, 0.6) is 0 Å². The lowest BCUT2D eigenvalue weighted by Crippen LogP contribution is -2.34. The Morgan fingerprint density at radius 1 is 1.69 bits per heavy atom. The van der Waals surface area contributed by atoms with Gasteiger partial charge in [-0.25, -0.2) is 4.98 Å². The molecule has 2 rings (SSSR count). The van der Waals surface area contributed by atoms with Gasteiger partial charge in [-0.2, -0.15) is 0 Å². The number of hydrogen-bond donors (Lipinski definition) is 1. The number of nitrogens with zero attached hydrogens (tertiary/aromatic N) is 1. The Hall–Kier alpha value is -0.490. The van der Waals surface area contributed by atoms with E-state index in [2.05, 4.69) is 22.6 Å². The van der Waals surface area contributed by atoms with Gasteiger partial charge in [0.15, 0.2) is 0 Å². The molecule has 5 heteroatoms. The SMILES string of the molecule is CCCOCc1nc(C2COCCN2)cs1. The lowest BCUT2D eigenvalue weighted by molar-refractivity contribution is 0.0755. The predicted octanol–water partition coefficient (Wildman–Crippen LogP) is 1.73. The van der Waals surface area contributed by atoms with Crippen LogP contribution in [0.2, 0.25) is 0 Å². The number of rotatable bonds is 5. The Kier molecular flexibility index (Phi) is 4.71. The second kappa shape index (κ2) is 6.30. The van der Waals surface area contributed by atoms with Crippen LogP contribution >= 0.6 is 11.3 Å². The Bertz CT molecular complexity index is 311. The lowest BCUT2D eigenvalue weighted by atomic mass is 10.2. The van der Waals surface area contributed by atoms with E-state index < -0.39 is 0 Å². The Labute approximate surface area is 100.0 Å². The van der Waals surface area contributed by atoms with E-state index >= 15 is 0 Å². The molecule has 90 valence electrons. The molecule has 2 heterocycles. The minimum absolute atomic E-state index is 0.255. The van der Waals surface area contributed by atoms with Crippen molar-refractivity contribution in [3.63, 3.8) is 0 Å². The van der Waals surface area contributed by atoms with Crippen molar-refractivity contribution in [2.75, 3.05) is 26.4 Å². The maximum absolute atomic E-state index is 5.47. The van der Waals surface area contributed by atoms with Crippen molar-refractivity contribution in [2.45, 2.75) is 26.0 Å².